The van der Waals surface area contributed by atoms with Crippen molar-refractivity contribution in [1.82, 2.24) is 19.2 Å². The number of nitrogens with one attached hydrogen (secondary N) is 1. The van der Waals surface area contributed by atoms with E-state index in [1.807, 2.05) is 62.6 Å². The Kier molecular flexibility index (Phi) is 7.28. The number of sulfonamides is 1. The van der Waals surface area contributed by atoms with Crippen molar-refractivity contribution >= 4 is 37.9 Å². The third kappa shape index (κ3) is 4.97. The van der Waals surface area contributed by atoms with Crippen LogP contribution in [0.3, 0.4) is 0 Å². The largest absolute Gasteiger partial charge is 0.459 e. The van der Waals surface area contributed by atoms with Crippen LogP contribution in [0.1, 0.15) is 51.7 Å². The van der Waals surface area contributed by atoms with Gasteiger partial charge in [-0.15, -0.1) is 0 Å². The van der Waals surface area contributed by atoms with Crippen molar-refractivity contribution in [2.75, 3.05) is 13.1 Å². The van der Waals surface area contributed by atoms with Crippen LogP contribution in [0.5, 0.6) is 0 Å². The molecule has 1 amide bonds. The average molecular weight is 497 g/mol. The van der Waals surface area contributed by atoms with Crippen LogP contribution in [0.4, 0.5) is 0 Å². The maximum absolute atomic E-state index is 12.9. The molecule has 0 bridgehead atoms. The molecule has 35 heavy (non-hydrogen) atoms. The van der Waals surface area contributed by atoms with Crippen molar-refractivity contribution in [3.05, 3.63) is 60.1 Å². The standard InChI is InChI=1S/C26H32N4O4S/c1-5-29(6-2)35(32,33)20-12-13-22-21(17-20)28-25(30(22)7-3)14-15-26(31)27-18(4)24-16-19-10-8-9-11-23(19)34-24/h8-13,16-18H,5-7,14-15H2,1-4H3,(H,27,31). The van der Waals surface area contributed by atoms with Gasteiger partial charge in [-0.2, -0.15) is 4.31 Å². The normalized spacial score (nSPS) is 13.1. The topological polar surface area (TPSA) is 97.4 Å². The number of hydrogen-bond acceptors (Lipinski definition) is 5. The second kappa shape index (κ2) is 10.2. The number of rotatable bonds is 10. The van der Waals surface area contributed by atoms with Gasteiger partial charge in [0.2, 0.25) is 15.9 Å². The van der Waals surface area contributed by atoms with Gasteiger partial charge in [0, 0.05) is 37.9 Å². The Labute approximate surface area is 206 Å². The minimum Gasteiger partial charge on any atom is -0.459 e. The third-order valence-corrected chi connectivity index (χ3v) is 8.33. The van der Waals surface area contributed by atoms with Gasteiger partial charge in [0.25, 0.3) is 0 Å². The fourth-order valence-corrected chi connectivity index (χ4v) is 5.88. The summed E-state index contributed by atoms with van der Waals surface area (Å²) in [5.41, 5.74) is 2.27. The summed E-state index contributed by atoms with van der Waals surface area (Å²) >= 11 is 0. The van der Waals surface area contributed by atoms with E-state index in [2.05, 4.69) is 10.3 Å². The number of benzene rings is 2. The highest BCUT2D eigenvalue weighted by Crippen LogP contribution is 2.25. The van der Waals surface area contributed by atoms with Crippen molar-refractivity contribution < 1.29 is 17.6 Å². The van der Waals surface area contributed by atoms with Gasteiger partial charge in [-0.25, -0.2) is 13.4 Å². The van der Waals surface area contributed by atoms with Gasteiger partial charge in [0.05, 0.1) is 22.0 Å². The first kappa shape index (κ1) is 24.9. The molecule has 4 rings (SSSR count). The Hall–Kier alpha value is -3.17. The summed E-state index contributed by atoms with van der Waals surface area (Å²) in [7, 11) is -3.57. The van der Waals surface area contributed by atoms with Crippen LogP contribution >= 0.6 is 0 Å². The van der Waals surface area contributed by atoms with E-state index >= 15 is 0 Å². The molecule has 1 N–H and O–H groups in total. The molecule has 0 aliphatic rings. The van der Waals surface area contributed by atoms with Crippen molar-refractivity contribution in [3.8, 4) is 0 Å². The molecule has 0 aliphatic heterocycles. The maximum Gasteiger partial charge on any atom is 0.243 e. The SMILES string of the molecule is CCN(CC)S(=O)(=O)c1ccc2c(c1)nc(CCC(=O)NC(C)c1cc3ccccc3o1)n2CC. The lowest BCUT2D eigenvalue weighted by atomic mass is 10.2. The van der Waals surface area contributed by atoms with Gasteiger partial charge in [-0.1, -0.05) is 32.0 Å². The van der Waals surface area contributed by atoms with Crippen LogP contribution in [-0.4, -0.2) is 41.3 Å². The summed E-state index contributed by atoms with van der Waals surface area (Å²) in [4.78, 5) is 17.6. The van der Waals surface area contributed by atoms with Crippen molar-refractivity contribution in [3.63, 3.8) is 0 Å². The molecule has 0 aliphatic carbocycles. The molecule has 8 nitrogen and oxygen atoms in total. The number of carbonyl (C=O) groups is 1. The Morgan fingerprint density at radius 2 is 1.86 bits per heavy atom. The summed E-state index contributed by atoms with van der Waals surface area (Å²) in [6.07, 6.45) is 0.706. The zero-order chi connectivity index (χ0) is 25.2. The van der Waals surface area contributed by atoms with Crippen LogP contribution in [-0.2, 0) is 27.8 Å². The Balaban J connectivity index is 1.48. The van der Waals surface area contributed by atoms with Crippen LogP contribution in [0.25, 0.3) is 22.0 Å². The third-order valence-electron chi connectivity index (χ3n) is 6.28. The molecule has 186 valence electrons. The van der Waals surface area contributed by atoms with E-state index in [-0.39, 0.29) is 23.3 Å². The highest BCUT2D eigenvalue weighted by molar-refractivity contribution is 7.89. The predicted octanol–water partition coefficient (Wildman–Crippen LogP) is 4.64. The summed E-state index contributed by atoms with van der Waals surface area (Å²) < 4.78 is 35.2. The molecule has 4 aromatic rings. The molecule has 2 heterocycles. The monoisotopic (exact) mass is 496 g/mol. The van der Waals surface area contributed by atoms with E-state index in [0.29, 0.717) is 37.3 Å². The van der Waals surface area contributed by atoms with Crippen molar-refractivity contribution in [1.29, 1.82) is 0 Å². The summed E-state index contributed by atoms with van der Waals surface area (Å²) in [5.74, 6) is 1.37. The molecule has 0 radical (unpaired) electrons. The molecule has 2 aromatic carbocycles. The zero-order valence-electron chi connectivity index (χ0n) is 20.6. The van der Waals surface area contributed by atoms with E-state index in [9.17, 15) is 13.2 Å². The van der Waals surface area contributed by atoms with Gasteiger partial charge >= 0.3 is 0 Å². The molecule has 9 heteroatoms. The molecule has 0 fully saturated rings. The molecule has 0 saturated carbocycles. The number of aryl methyl sites for hydroxylation is 2. The number of aromatic nitrogens is 2. The fraction of sp³-hybridized carbons (Fsp3) is 0.385. The van der Waals surface area contributed by atoms with Crippen LogP contribution in [0, 0.1) is 0 Å². The fourth-order valence-electron chi connectivity index (χ4n) is 4.40. The second-order valence-corrected chi connectivity index (χ2v) is 10.4. The lowest BCUT2D eigenvalue weighted by molar-refractivity contribution is -0.121. The molecule has 1 unspecified atom stereocenters. The van der Waals surface area contributed by atoms with Gasteiger partial charge in [-0.3, -0.25) is 4.79 Å². The van der Waals surface area contributed by atoms with Crippen LogP contribution in [0.2, 0.25) is 0 Å². The summed E-state index contributed by atoms with van der Waals surface area (Å²) in [6.45, 7) is 9.04. The first-order chi connectivity index (χ1) is 16.8. The summed E-state index contributed by atoms with van der Waals surface area (Å²) in [6, 6.07) is 14.5. The highest BCUT2D eigenvalue weighted by atomic mass is 32.2. The van der Waals surface area contributed by atoms with E-state index in [1.165, 1.54) is 4.31 Å². The number of imidazole rings is 1. The number of amides is 1. The Morgan fingerprint density at radius 1 is 1.11 bits per heavy atom. The number of hydrogen-bond donors (Lipinski definition) is 1. The van der Waals surface area contributed by atoms with Gasteiger partial charge in [0.1, 0.15) is 17.2 Å². The molecular weight excluding hydrogens is 464 g/mol. The first-order valence-electron chi connectivity index (χ1n) is 12.1. The Morgan fingerprint density at radius 3 is 2.54 bits per heavy atom. The number of carbonyl (C=O) groups excluding carboxylic acids is 1. The lowest BCUT2D eigenvalue weighted by Gasteiger charge is -2.18. The van der Waals surface area contributed by atoms with E-state index in [0.717, 1.165) is 22.3 Å². The predicted molar refractivity (Wildman–Crippen MR) is 137 cm³/mol. The van der Waals surface area contributed by atoms with Gasteiger partial charge < -0.3 is 14.3 Å². The number of fused-ring (bicyclic) bond motifs is 2. The first-order valence-corrected chi connectivity index (χ1v) is 13.5. The lowest BCUT2D eigenvalue weighted by Crippen LogP contribution is -2.30. The Bertz CT molecular complexity index is 1420. The molecule has 0 spiro atoms. The van der Waals surface area contributed by atoms with Gasteiger partial charge in [0.15, 0.2) is 0 Å². The number of furan rings is 1. The molecular formula is C26H32N4O4S. The van der Waals surface area contributed by atoms with Crippen molar-refractivity contribution in [2.45, 2.75) is 58.0 Å². The minimum absolute atomic E-state index is 0.0996. The minimum atomic E-state index is -3.57. The van der Waals surface area contributed by atoms with Crippen LogP contribution < -0.4 is 5.32 Å². The number of para-hydroxylation sites is 1. The smallest absolute Gasteiger partial charge is 0.243 e. The number of nitrogens with zero attached hydrogens (tertiary/aromatic N) is 3. The summed E-state index contributed by atoms with van der Waals surface area (Å²) in [5, 5.41) is 4.00. The van der Waals surface area contributed by atoms with E-state index < -0.39 is 10.0 Å². The maximum atomic E-state index is 12.9. The van der Waals surface area contributed by atoms with E-state index in [1.54, 1.807) is 18.2 Å². The van der Waals surface area contributed by atoms with Crippen molar-refractivity contribution in [2.24, 2.45) is 0 Å². The average Bonchev–Trinajstić information content (AvgIpc) is 3.44. The van der Waals surface area contributed by atoms with Crippen LogP contribution in [0.15, 0.2) is 57.8 Å². The zero-order valence-corrected chi connectivity index (χ0v) is 21.4. The highest BCUT2D eigenvalue weighted by Gasteiger charge is 2.23. The van der Waals surface area contributed by atoms with E-state index in [4.69, 9.17) is 4.42 Å². The second-order valence-electron chi connectivity index (χ2n) is 8.49. The van der Waals surface area contributed by atoms with Gasteiger partial charge in [-0.05, 0) is 44.2 Å². The molecule has 1 atom stereocenters. The molecule has 2 aromatic heterocycles. The molecule has 0 saturated heterocycles. The quantitative estimate of drug-likeness (QED) is 0.345.